The van der Waals surface area contributed by atoms with Crippen LogP contribution in [0.25, 0.3) is 0 Å². The zero-order valence-electron chi connectivity index (χ0n) is 9.88. The average Bonchev–Trinajstić information content (AvgIpc) is 2.31. The minimum absolute atomic E-state index is 0.0948. The maximum atomic E-state index is 13.3. The maximum absolute atomic E-state index is 13.3. The standard InChI is InChI=1S/C13H17F2NO/c1-2-9(8-16)6-10(17)7-11-12(14)4-3-5-13(11)15/h3-5,9H,2,6-8,16H2,1H3. The molecular formula is C13H17F2NO. The maximum Gasteiger partial charge on any atom is 0.137 e. The Morgan fingerprint density at radius 3 is 2.41 bits per heavy atom. The van der Waals surface area contributed by atoms with Crippen LogP contribution in [0.2, 0.25) is 0 Å². The lowest BCUT2D eigenvalue weighted by molar-refractivity contribution is -0.119. The van der Waals surface area contributed by atoms with Crippen LogP contribution in [0.3, 0.4) is 0 Å². The Morgan fingerprint density at radius 1 is 1.35 bits per heavy atom. The van der Waals surface area contributed by atoms with Crippen molar-refractivity contribution in [2.45, 2.75) is 26.2 Å². The number of ketones is 1. The molecule has 0 bridgehead atoms. The van der Waals surface area contributed by atoms with Crippen LogP contribution in [0.4, 0.5) is 8.78 Å². The summed E-state index contributed by atoms with van der Waals surface area (Å²) < 4.78 is 26.6. The van der Waals surface area contributed by atoms with Gasteiger partial charge in [0.05, 0.1) is 0 Å². The highest BCUT2D eigenvalue weighted by Crippen LogP contribution is 2.15. The van der Waals surface area contributed by atoms with E-state index < -0.39 is 11.6 Å². The van der Waals surface area contributed by atoms with Gasteiger partial charge >= 0.3 is 0 Å². The number of hydrogen-bond donors (Lipinski definition) is 1. The van der Waals surface area contributed by atoms with Gasteiger partial charge in [0.1, 0.15) is 17.4 Å². The van der Waals surface area contributed by atoms with E-state index in [0.717, 1.165) is 18.6 Å². The fourth-order valence-corrected chi connectivity index (χ4v) is 1.69. The summed E-state index contributed by atoms with van der Waals surface area (Å²) in [5.74, 6) is -1.41. The smallest absolute Gasteiger partial charge is 0.137 e. The fourth-order valence-electron chi connectivity index (χ4n) is 1.69. The number of nitrogens with two attached hydrogens (primary N) is 1. The van der Waals surface area contributed by atoms with Gasteiger partial charge in [-0.15, -0.1) is 0 Å². The molecule has 0 heterocycles. The van der Waals surface area contributed by atoms with E-state index in [1.54, 1.807) is 0 Å². The van der Waals surface area contributed by atoms with Crippen molar-refractivity contribution in [2.75, 3.05) is 6.54 Å². The number of benzene rings is 1. The minimum Gasteiger partial charge on any atom is -0.330 e. The lowest BCUT2D eigenvalue weighted by Crippen LogP contribution is -2.19. The summed E-state index contributed by atoms with van der Waals surface area (Å²) in [7, 11) is 0. The molecule has 0 aromatic heterocycles. The molecule has 0 fully saturated rings. The Morgan fingerprint density at radius 2 is 1.94 bits per heavy atom. The van der Waals surface area contributed by atoms with Crippen molar-refractivity contribution in [1.82, 2.24) is 0 Å². The summed E-state index contributed by atoms with van der Waals surface area (Å²) >= 11 is 0. The molecule has 1 rings (SSSR count). The van der Waals surface area contributed by atoms with Crippen molar-refractivity contribution in [2.24, 2.45) is 11.7 Å². The molecule has 0 aliphatic heterocycles. The highest BCUT2D eigenvalue weighted by Gasteiger charge is 2.15. The van der Waals surface area contributed by atoms with Gasteiger partial charge < -0.3 is 5.73 Å². The van der Waals surface area contributed by atoms with E-state index in [1.165, 1.54) is 6.07 Å². The van der Waals surface area contributed by atoms with E-state index in [0.29, 0.717) is 6.54 Å². The van der Waals surface area contributed by atoms with Gasteiger partial charge in [0.2, 0.25) is 0 Å². The van der Waals surface area contributed by atoms with Gasteiger partial charge in [-0.3, -0.25) is 4.79 Å². The summed E-state index contributed by atoms with van der Waals surface area (Å²) in [4.78, 5) is 11.7. The fraction of sp³-hybridized carbons (Fsp3) is 0.462. The molecule has 0 aliphatic carbocycles. The lowest BCUT2D eigenvalue weighted by Gasteiger charge is -2.11. The lowest BCUT2D eigenvalue weighted by atomic mass is 9.96. The minimum atomic E-state index is -0.667. The topological polar surface area (TPSA) is 43.1 Å². The van der Waals surface area contributed by atoms with Gasteiger partial charge in [-0.1, -0.05) is 19.4 Å². The molecular weight excluding hydrogens is 224 g/mol. The van der Waals surface area contributed by atoms with Gasteiger partial charge in [0, 0.05) is 18.4 Å². The Bertz CT molecular complexity index is 369. The summed E-state index contributed by atoms with van der Waals surface area (Å²) in [5.41, 5.74) is 5.34. The van der Waals surface area contributed by atoms with Crippen LogP contribution >= 0.6 is 0 Å². The number of halogens is 2. The quantitative estimate of drug-likeness (QED) is 0.831. The van der Waals surface area contributed by atoms with Gasteiger partial charge in [-0.05, 0) is 24.6 Å². The van der Waals surface area contributed by atoms with Gasteiger partial charge in [0.25, 0.3) is 0 Å². The average molecular weight is 241 g/mol. The van der Waals surface area contributed by atoms with Crippen LogP contribution in [-0.4, -0.2) is 12.3 Å². The second kappa shape index (κ2) is 6.45. The van der Waals surface area contributed by atoms with Crippen LogP contribution in [0.15, 0.2) is 18.2 Å². The van der Waals surface area contributed by atoms with Crippen LogP contribution in [-0.2, 0) is 11.2 Å². The molecule has 1 aromatic carbocycles. The second-order valence-electron chi connectivity index (χ2n) is 4.13. The molecule has 1 unspecified atom stereocenters. The SMILES string of the molecule is CCC(CN)CC(=O)Cc1c(F)cccc1F. The largest absolute Gasteiger partial charge is 0.330 e. The Balaban J connectivity index is 2.68. The van der Waals surface area contributed by atoms with Crippen molar-refractivity contribution in [3.8, 4) is 0 Å². The number of rotatable bonds is 6. The number of hydrogen-bond acceptors (Lipinski definition) is 2. The van der Waals surface area contributed by atoms with Crippen molar-refractivity contribution in [3.05, 3.63) is 35.4 Å². The highest BCUT2D eigenvalue weighted by atomic mass is 19.1. The monoisotopic (exact) mass is 241 g/mol. The van der Waals surface area contributed by atoms with Gasteiger partial charge in [-0.25, -0.2) is 8.78 Å². The number of Topliss-reactive ketones (excluding diaryl/α,β-unsaturated/α-hetero) is 1. The van der Waals surface area contributed by atoms with Crippen molar-refractivity contribution >= 4 is 5.78 Å². The summed E-state index contributed by atoms with van der Waals surface area (Å²) in [6.07, 6.45) is 0.873. The predicted octanol–water partition coefficient (Wildman–Crippen LogP) is 2.45. The molecule has 0 radical (unpaired) electrons. The van der Waals surface area contributed by atoms with Crippen molar-refractivity contribution in [1.29, 1.82) is 0 Å². The summed E-state index contributed by atoms with van der Waals surface area (Å²) in [6, 6.07) is 3.60. The van der Waals surface area contributed by atoms with Crippen LogP contribution in [0.5, 0.6) is 0 Å². The van der Waals surface area contributed by atoms with Crippen LogP contribution in [0.1, 0.15) is 25.3 Å². The first-order chi connectivity index (χ1) is 8.08. The molecule has 2 N–H and O–H groups in total. The molecule has 0 aliphatic rings. The molecule has 4 heteroatoms. The molecule has 1 aromatic rings. The molecule has 0 saturated carbocycles. The summed E-state index contributed by atoms with van der Waals surface area (Å²) in [6.45, 7) is 2.36. The van der Waals surface area contributed by atoms with E-state index >= 15 is 0 Å². The highest BCUT2D eigenvalue weighted by molar-refractivity contribution is 5.81. The molecule has 94 valence electrons. The Kier molecular flexibility index (Phi) is 5.22. The van der Waals surface area contributed by atoms with E-state index in [9.17, 15) is 13.6 Å². The van der Waals surface area contributed by atoms with Gasteiger partial charge in [0.15, 0.2) is 0 Å². The Labute approximate surface area is 99.8 Å². The zero-order valence-corrected chi connectivity index (χ0v) is 9.88. The third-order valence-corrected chi connectivity index (χ3v) is 2.86. The van der Waals surface area contributed by atoms with Gasteiger partial charge in [-0.2, -0.15) is 0 Å². The zero-order chi connectivity index (χ0) is 12.8. The molecule has 0 spiro atoms. The first kappa shape index (κ1) is 13.8. The molecule has 2 nitrogen and oxygen atoms in total. The molecule has 0 saturated heterocycles. The second-order valence-corrected chi connectivity index (χ2v) is 4.13. The van der Waals surface area contributed by atoms with E-state index in [2.05, 4.69) is 0 Å². The summed E-state index contributed by atoms with van der Waals surface area (Å²) in [5, 5.41) is 0. The first-order valence-corrected chi connectivity index (χ1v) is 5.73. The predicted molar refractivity (Wildman–Crippen MR) is 62.5 cm³/mol. The van der Waals surface area contributed by atoms with E-state index in [-0.39, 0.29) is 30.1 Å². The van der Waals surface area contributed by atoms with Crippen molar-refractivity contribution in [3.63, 3.8) is 0 Å². The third kappa shape index (κ3) is 3.89. The van der Waals surface area contributed by atoms with Crippen molar-refractivity contribution < 1.29 is 13.6 Å². The normalized spacial score (nSPS) is 12.5. The number of carbonyl (C=O) groups excluding carboxylic acids is 1. The molecule has 1 atom stereocenters. The van der Waals surface area contributed by atoms with E-state index in [4.69, 9.17) is 5.73 Å². The first-order valence-electron chi connectivity index (χ1n) is 5.73. The van der Waals surface area contributed by atoms with Crippen LogP contribution in [0, 0.1) is 17.6 Å². The third-order valence-electron chi connectivity index (χ3n) is 2.86. The van der Waals surface area contributed by atoms with E-state index in [1.807, 2.05) is 6.92 Å². The number of carbonyl (C=O) groups is 1. The van der Waals surface area contributed by atoms with Crippen LogP contribution < -0.4 is 5.73 Å². The molecule has 0 amide bonds. The molecule has 17 heavy (non-hydrogen) atoms. The Hall–Kier alpha value is -1.29.